The Balaban J connectivity index is 1.23. The van der Waals surface area contributed by atoms with Crippen molar-refractivity contribution in [2.24, 2.45) is 0 Å². The van der Waals surface area contributed by atoms with Gasteiger partial charge in [-0.25, -0.2) is 0 Å². The van der Waals surface area contributed by atoms with Crippen LogP contribution in [-0.4, -0.2) is 9.97 Å². The number of nitrogens with one attached hydrogen (secondary N) is 2. The van der Waals surface area contributed by atoms with E-state index in [9.17, 15) is 0 Å². The Morgan fingerprint density at radius 3 is 1.37 bits per heavy atom. The molecule has 0 aliphatic carbocycles. The topological polar surface area (TPSA) is 44.7 Å². The number of benzene rings is 6. The molecule has 0 atom stereocenters. The lowest BCUT2D eigenvalue weighted by Crippen LogP contribution is -1.85. The fourth-order valence-corrected chi connectivity index (χ4v) is 6.75. The number of aryl methyl sites for hydroxylation is 2. The van der Waals surface area contributed by atoms with Crippen LogP contribution in [0.3, 0.4) is 0 Å². The maximum Gasteiger partial charge on any atom is 0.135 e. The van der Waals surface area contributed by atoms with Gasteiger partial charge in [-0.1, -0.05) is 48.5 Å². The molecule has 0 saturated carbocycles. The molecule has 0 saturated heterocycles. The molecule has 0 unspecified atom stereocenters. The van der Waals surface area contributed by atoms with Crippen LogP contribution in [-0.2, 0) is 0 Å². The van der Waals surface area contributed by atoms with Gasteiger partial charge >= 0.3 is 0 Å². The third-order valence-electron chi connectivity index (χ3n) is 8.79. The monoisotopic (exact) mass is 526 g/mol. The lowest BCUT2D eigenvalue weighted by atomic mass is 9.95. The standard InChI is InChI=1S/C38H26N2O/c1-21-15-35-29(25-7-3-5-9-33(25)39-35)19-27(21)23-11-13-37-31(17-23)32-18-24(12-14-38(32)41-37)28-20-30-26-8-4-6-10-34(26)40-36(30)16-22(28)2/h3-20,39-40H,1-2H3. The van der Waals surface area contributed by atoms with Crippen LogP contribution in [0.4, 0.5) is 0 Å². The highest BCUT2D eigenvalue weighted by molar-refractivity contribution is 6.12. The normalized spacial score (nSPS) is 12.1. The van der Waals surface area contributed by atoms with Gasteiger partial charge in [-0.15, -0.1) is 0 Å². The van der Waals surface area contributed by atoms with E-state index in [1.165, 1.54) is 77.0 Å². The molecule has 41 heavy (non-hydrogen) atoms. The van der Waals surface area contributed by atoms with Crippen LogP contribution in [0.2, 0.25) is 0 Å². The molecule has 0 spiro atoms. The lowest BCUT2D eigenvalue weighted by Gasteiger charge is -2.08. The molecule has 194 valence electrons. The van der Waals surface area contributed by atoms with Crippen molar-refractivity contribution in [3.8, 4) is 22.3 Å². The zero-order valence-corrected chi connectivity index (χ0v) is 22.8. The fraction of sp³-hybridized carbons (Fsp3) is 0.0526. The third-order valence-corrected chi connectivity index (χ3v) is 8.79. The summed E-state index contributed by atoms with van der Waals surface area (Å²) >= 11 is 0. The number of hydrogen-bond donors (Lipinski definition) is 2. The number of furan rings is 1. The van der Waals surface area contributed by atoms with Crippen molar-refractivity contribution in [2.75, 3.05) is 0 Å². The van der Waals surface area contributed by atoms with Crippen molar-refractivity contribution in [1.29, 1.82) is 0 Å². The van der Waals surface area contributed by atoms with Crippen LogP contribution in [0.25, 0.3) is 87.8 Å². The molecule has 0 aliphatic rings. The van der Waals surface area contributed by atoms with E-state index >= 15 is 0 Å². The SMILES string of the molecule is Cc1cc2[nH]c3ccccc3c2cc1-c1ccc2oc3ccc(-c4cc5c(cc4C)[nH]c4ccccc45)cc3c2c1. The molecule has 3 heterocycles. The third kappa shape index (κ3) is 3.26. The van der Waals surface area contributed by atoms with E-state index in [0.29, 0.717) is 0 Å². The first kappa shape index (κ1) is 22.5. The average Bonchev–Trinajstić information content (AvgIpc) is 3.65. The molecule has 0 amide bonds. The molecule has 3 nitrogen and oxygen atoms in total. The minimum atomic E-state index is 0.913. The lowest BCUT2D eigenvalue weighted by molar-refractivity contribution is 0.669. The minimum absolute atomic E-state index is 0.913. The Labute approximate surface area is 236 Å². The highest BCUT2D eigenvalue weighted by Gasteiger charge is 2.15. The maximum absolute atomic E-state index is 6.32. The minimum Gasteiger partial charge on any atom is -0.456 e. The van der Waals surface area contributed by atoms with E-state index in [4.69, 9.17) is 4.42 Å². The van der Waals surface area contributed by atoms with Gasteiger partial charge in [-0.3, -0.25) is 0 Å². The van der Waals surface area contributed by atoms with Crippen LogP contribution in [0.5, 0.6) is 0 Å². The number of para-hydroxylation sites is 2. The summed E-state index contributed by atoms with van der Waals surface area (Å²) in [4.78, 5) is 7.15. The highest BCUT2D eigenvalue weighted by Crippen LogP contribution is 2.39. The maximum atomic E-state index is 6.32. The largest absolute Gasteiger partial charge is 0.456 e. The predicted molar refractivity (Wildman–Crippen MR) is 173 cm³/mol. The van der Waals surface area contributed by atoms with Crippen LogP contribution in [0.15, 0.2) is 114 Å². The van der Waals surface area contributed by atoms with Gasteiger partial charge in [-0.05, 0) is 108 Å². The summed E-state index contributed by atoms with van der Waals surface area (Å²) in [6.07, 6.45) is 0. The average molecular weight is 527 g/mol. The van der Waals surface area contributed by atoms with Crippen LogP contribution < -0.4 is 0 Å². The van der Waals surface area contributed by atoms with Gasteiger partial charge in [-0.2, -0.15) is 0 Å². The number of fused-ring (bicyclic) bond motifs is 9. The quantitative estimate of drug-likeness (QED) is 0.231. The van der Waals surface area contributed by atoms with E-state index in [-0.39, 0.29) is 0 Å². The molecule has 9 aromatic rings. The summed E-state index contributed by atoms with van der Waals surface area (Å²) in [7, 11) is 0. The second-order valence-electron chi connectivity index (χ2n) is 11.3. The molecular weight excluding hydrogens is 500 g/mol. The molecule has 0 bridgehead atoms. The van der Waals surface area contributed by atoms with Crippen LogP contribution >= 0.6 is 0 Å². The van der Waals surface area contributed by atoms with Crippen molar-refractivity contribution in [2.45, 2.75) is 13.8 Å². The molecule has 0 aliphatic heterocycles. The predicted octanol–water partition coefficient (Wildman–Crippen LogP) is 10.8. The summed E-state index contributed by atoms with van der Waals surface area (Å²) in [5.74, 6) is 0. The van der Waals surface area contributed by atoms with Crippen LogP contribution in [0, 0.1) is 13.8 Å². The summed E-state index contributed by atoms with van der Waals surface area (Å²) in [6.45, 7) is 4.39. The molecule has 0 radical (unpaired) electrons. The Morgan fingerprint density at radius 1 is 0.415 bits per heavy atom. The van der Waals surface area contributed by atoms with Gasteiger partial charge < -0.3 is 14.4 Å². The first-order valence-electron chi connectivity index (χ1n) is 14.1. The van der Waals surface area contributed by atoms with E-state index in [1.807, 2.05) is 0 Å². The molecule has 6 aromatic carbocycles. The molecule has 2 N–H and O–H groups in total. The Morgan fingerprint density at radius 2 is 0.878 bits per heavy atom. The van der Waals surface area contributed by atoms with Crippen molar-refractivity contribution >= 4 is 65.6 Å². The number of rotatable bonds is 2. The zero-order chi connectivity index (χ0) is 27.2. The van der Waals surface area contributed by atoms with Crippen molar-refractivity contribution in [1.82, 2.24) is 9.97 Å². The number of H-pyrrole nitrogens is 2. The highest BCUT2D eigenvalue weighted by atomic mass is 16.3. The fourth-order valence-electron chi connectivity index (χ4n) is 6.75. The second-order valence-corrected chi connectivity index (χ2v) is 11.3. The molecule has 3 heteroatoms. The van der Waals surface area contributed by atoms with E-state index in [0.717, 1.165) is 21.9 Å². The van der Waals surface area contributed by atoms with Gasteiger partial charge in [0.05, 0.1) is 0 Å². The van der Waals surface area contributed by atoms with E-state index in [2.05, 4.69) is 133 Å². The van der Waals surface area contributed by atoms with Gasteiger partial charge in [0.2, 0.25) is 0 Å². The molecule has 0 fully saturated rings. The molecular formula is C38H26N2O. The molecule has 9 rings (SSSR count). The smallest absolute Gasteiger partial charge is 0.135 e. The van der Waals surface area contributed by atoms with Gasteiger partial charge in [0, 0.05) is 54.4 Å². The number of hydrogen-bond acceptors (Lipinski definition) is 1. The van der Waals surface area contributed by atoms with Crippen LogP contribution in [0.1, 0.15) is 11.1 Å². The number of aromatic amines is 2. The second kappa shape index (κ2) is 8.12. The van der Waals surface area contributed by atoms with Gasteiger partial charge in [0.15, 0.2) is 0 Å². The Bertz CT molecular complexity index is 2330. The van der Waals surface area contributed by atoms with E-state index < -0.39 is 0 Å². The molecule has 3 aromatic heterocycles. The van der Waals surface area contributed by atoms with E-state index in [1.54, 1.807) is 0 Å². The zero-order valence-electron chi connectivity index (χ0n) is 22.8. The summed E-state index contributed by atoms with van der Waals surface area (Å²) in [6, 6.07) is 39.4. The van der Waals surface area contributed by atoms with Gasteiger partial charge in [0.25, 0.3) is 0 Å². The van der Waals surface area contributed by atoms with Gasteiger partial charge in [0.1, 0.15) is 11.2 Å². The van der Waals surface area contributed by atoms with Crippen molar-refractivity contribution in [3.63, 3.8) is 0 Å². The summed E-state index contributed by atoms with van der Waals surface area (Å²) in [5.41, 5.74) is 13.9. The van der Waals surface area contributed by atoms with Crippen molar-refractivity contribution < 1.29 is 4.42 Å². The Kier molecular flexibility index (Phi) is 4.46. The first-order chi connectivity index (χ1) is 20.1. The first-order valence-corrected chi connectivity index (χ1v) is 14.1. The Hall–Kier alpha value is -5.28. The number of aromatic nitrogens is 2. The summed E-state index contributed by atoms with van der Waals surface area (Å²) in [5, 5.41) is 7.30. The van der Waals surface area contributed by atoms with Crippen molar-refractivity contribution in [3.05, 3.63) is 120 Å². The summed E-state index contributed by atoms with van der Waals surface area (Å²) < 4.78 is 6.32.